The Bertz CT molecular complexity index is 147. The topological polar surface area (TPSA) is 9.23 Å². The van der Waals surface area contributed by atoms with E-state index in [1.807, 2.05) is 0 Å². The van der Waals surface area contributed by atoms with E-state index in [9.17, 15) is 0 Å². The van der Waals surface area contributed by atoms with Gasteiger partial charge in [0.25, 0.3) is 0 Å². The smallest absolute Gasteiger partial charge is 0.184 e. The number of rotatable bonds is 6. The van der Waals surface area contributed by atoms with Gasteiger partial charge < -0.3 is 4.43 Å². The summed E-state index contributed by atoms with van der Waals surface area (Å²) in [4.78, 5) is 0. The van der Waals surface area contributed by atoms with Gasteiger partial charge in [0.15, 0.2) is 8.32 Å². The fraction of sp³-hybridized carbons (Fsp3) is 0.818. The van der Waals surface area contributed by atoms with E-state index < -0.39 is 8.32 Å². The van der Waals surface area contributed by atoms with Crippen LogP contribution in [0.15, 0.2) is 12.2 Å². The second-order valence-electron chi connectivity index (χ2n) is 4.51. The summed E-state index contributed by atoms with van der Waals surface area (Å²) in [5, 5.41) is 0. The summed E-state index contributed by atoms with van der Waals surface area (Å²) in [6.07, 6.45) is 8.48. The summed E-state index contributed by atoms with van der Waals surface area (Å²) in [7, 11) is -1.34. The maximum absolute atomic E-state index is 5.87. The molecule has 1 atom stereocenters. The van der Waals surface area contributed by atoms with Crippen LogP contribution >= 0.6 is 0 Å². The van der Waals surface area contributed by atoms with Crippen molar-refractivity contribution in [1.82, 2.24) is 0 Å². The molecular formula is C11H24OSi. The molecule has 0 aliphatic carbocycles. The predicted octanol–water partition coefficient (Wildman–Crippen LogP) is 3.97. The average Bonchev–Trinajstić information content (AvgIpc) is 1.94. The molecule has 0 saturated carbocycles. The van der Waals surface area contributed by atoms with Crippen LogP contribution < -0.4 is 0 Å². The van der Waals surface area contributed by atoms with E-state index in [0.717, 1.165) is 0 Å². The first-order chi connectivity index (χ1) is 5.95. The van der Waals surface area contributed by atoms with Crippen LogP contribution in [0.25, 0.3) is 0 Å². The number of unbranched alkanes of at least 4 members (excludes halogenated alkanes) is 2. The fourth-order valence-electron chi connectivity index (χ4n) is 1.21. The van der Waals surface area contributed by atoms with Crippen LogP contribution in [0.4, 0.5) is 0 Å². The van der Waals surface area contributed by atoms with Crippen molar-refractivity contribution in [3.8, 4) is 0 Å². The van der Waals surface area contributed by atoms with Gasteiger partial charge in [0, 0.05) is 0 Å². The molecule has 0 radical (unpaired) electrons. The van der Waals surface area contributed by atoms with E-state index in [-0.39, 0.29) is 0 Å². The third-order valence-corrected chi connectivity index (χ3v) is 2.75. The van der Waals surface area contributed by atoms with Crippen LogP contribution in [0.2, 0.25) is 19.6 Å². The SMILES string of the molecule is CCCC/C=C/C(C)O[Si](C)(C)C. The number of allylic oxidation sites excluding steroid dienone is 1. The maximum atomic E-state index is 5.87. The van der Waals surface area contributed by atoms with Crippen LogP contribution in [-0.4, -0.2) is 14.4 Å². The van der Waals surface area contributed by atoms with Crippen LogP contribution in [0.1, 0.15) is 33.1 Å². The Morgan fingerprint density at radius 2 is 1.92 bits per heavy atom. The summed E-state index contributed by atoms with van der Waals surface area (Å²) < 4.78 is 5.87. The Morgan fingerprint density at radius 3 is 2.38 bits per heavy atom. The second-order valence-corrected chi connectivity index (χ2v) is 8.97. The van der Waals surface area contributed by atoms with E-state index in [4.69, 9.17) is 4.43 Å². The molecule has 0 N–H and O–H groups in total. The molecule has 0 amide bonds. The molecule has 0 bridgehead atoms. The molecule has 0 aromatic carbocycles. The Balaban J connectivity index is 3.61. The molecule has 0 saturated heterocycles. The number of hydrogen-bond donors (Lipinski definition) is 0. The molecule has 2 heteroatoms. The fourth-order valence-corrected chi connectivity index (χ4v) is 2.40. The van der Waals surface area contributed by atoms with Gasteiger partial charge in [-0.1, -0.05) is 31.9 Å². The zero-order valence-corrected chi connectivity index (χ0v) is 10.8. The van der Waals surface area contributed by atoms with Gasteiger partial charge in [-0.05, 0) is 33.0 Å². The summed E-state index contributed by atoms with van der Waals surface area (Å²) in [5.74, 6) is 0. The molecule has 13 heavy (non-hydrogen) atoms. The van der Waals surface area contributed by atoms with Crippen molar-refractivity contribution in [2.45, 2.75) is 58.9 Å². The lowest BCUT2D eigenvalue weighted by molar-refractivity contribution is 0.262. The van der Waals surface area contributed by atoms with Crippen molar-refractivity contribution >= 4 is 8.32 Å². The minimum atomic E-state index is -1.34. The summed E-state index contributed by atoms with van der Waals surface area (Å²) in [6, 6.07) is 0. The highest BCUT2D eigenvalue weighted by molar-refractivity contribution is 6.69. The van der Waals surface area contributed by atoms with Gasteiger partial charge in [0.05, 0.1) is 6.10 Å². The quantitative estimate of drug-likeness (QED) is 0.358. The lowest BCUT2D eigenvalue weighted by atomic mass is 10.2. The van der Waals surface area contributed by atoms with Crippen molar-refractivity contribution in [3.05, 3.63) is 12.2 Å². The standard InChI is InChI=1S/C11H24OSi/c1-6-7-8-9-10-11(2)12-13(3,4)5/h9-11H,6-8H2,1-5H3/b10-9+. The lowest BCUT2D eigenvalue weighted by Crippen LogP contribution is -2.29. The van der Waals surface area contributed by atoms with Gasteiger partial charge in [-0.15, -0.1) is 0 Å². The summed E-state index contributed by atoms with van der Waals surface area (Å²) in [6.45, 7) is 11.0. The van der Waals surface area contributed by atoms with E-state index in [0.29, 0.717) is 6.10 Å². The minimum Gasteiger partial charge on any atom is -0.412 e. The van der Waals surface area contributed by atoms with Crippen LogP contribution in [0.5, 0.6) is 0 Å². The molecule has 0 aliphatic heterocycles. The third kappa shape index (κ3) is 9.83. The molecule has 0 aromatic heterocycles. The molecule has 0 aromatic rings. The molecule has 0 aliphatic rings. The monoisotopic (exact) mass is 200 g/mol. The normalized spacial score (nSPS) is 15.2. The first-order valence-electron chi connectivity index (χ1n) is 5.30. The van der Waals surface area contributed by atoms with Gasteiger partial charge in [-0.3, -0.25) is 0 Å². The van der Waals surface area contributed by atoms with Crippen LogP contribution in [-0.2, 0) is 4.43 Å². The highest BCUT2D eigenvalue weighted by atomic mass is 28.4. The molecule has 0 heterocycles. The van der Waals surface area contributed by atoms with E-state index in [1.54, 1.807) is 0 Å². The van der Waals surface area contributed by atoms with E-state index >= 15 is 0 Å². The van der Waals surface area contributed by atoms with Crippen molar-refractivity contribution in [2.75, 3.05) is 0 Å². The predicted molar refractivity (Wildman–Crippen MR) is 62.6 cm³/mol. The lowest BCUT2D eigenvalue weighted by Gasteiger charge is -2.21. The third-order valence-electron chi connectivity index (χ3n) is 1.67. The van der Waals surface area contributed by atoms with Crippen molar-refractivity contribution in [1.29, 1.82) is 0 Å². The Hall–Kier alpha value is -0.0831. The second kappa shape index (κ2) is 6.38. The van der Waals surface area contributed by atoms with E-state index in [2.05, 4.69) is 45.6 Å². The Labute approximate surface area is 84.3 Å². The molecular weight excluding hydrogens is 176 g/mol. The van der Waals surface area contributed by atoms with Gasteiger partial charge >= 0.3 is 0 Å². The molecule has 1 unspecified atom stereocenters. The summed E-state index contributed by atoms with van der Waals surface area (Å²) >= 11 is 0. The molecule has 0 rings (SSSR count). The zero-order valence-electron chi connectivity index (χ0n) is 9.76. The molecule has 78 valence electrons. The minimum absolute atomic E-state index is 0.295. The Kier molecular flexibility index (Phi) is 6.34. The summed E-state index contributed by atoms with van der Waals surface area (Å²) in [5.41, 5.74) is 0. The molecule has 1 nitrogen and oxygen atoms in total. The van der Waals surface area contributed by atoms with Crippen LogP contribution in [0.3, 0.4) is 0 Å². The number of hydrogen-bond acceptors (Lipinski definition) is 1. The zero-order chi connectivity index (χ0) is 10.3. The van der Waals surface area contributed by atoms with Crippen molar-refractivity contribution < 1.29 is 4.43 Å². The maximum Gasteiger partial charge on any atom is 0.184 e. The largest absolute Gasteiger partial charge is 0.412 e. The van der Waals surface area contributed by atoms with Crippen LogP contribution in [0, 0.1) is 0 Å². The van der Waals surface area contributed by atoms with Gasteiger partial charge in [0.1, 0.15) is 0 Å². The van der Waals surface area contributed by atoms with E-state index in [1.165, 1.54) is 19.3 Å². The molecule has 0 fully saturated rings. The Morgan fingerprint density at radius 1 is 1.31 bits per heavy atom. The highest BCUT2D eigenvalue weighted by Crippen LogP contribution is 2.08. The van der Waals surface area contributed by atoms with Gasteiger partial charge in [-0.2, -0.15) is 0 Å². The highest BCUT2D eigenvalue weighted by Gasteiger charge is 2.16. The molecule has 0 spiro atoms. The average molecular weight is 200 g/mol. The van der Waals surface area contributed by atoms with Crippen molar-refractivity contribution in [3.63, 3.8) is 0 Å². The first-order valence-corrected chi connectivity index (χ1v) is 8.71. The van der Waals surface area contributed by atoms with Gasteiger partial charge in [-0.25, -0.2) is 0 Å². The first kappa shape index (κ1) is 12.9. The van der Waals surface area contributed by atoms with Gasteiger partial charge in [0.2, 0.25) is 0 Å². The van der Waals surface area contributed by atoms with Crippen molar-refractivity contribution in [2.24, 2.45) is 0 Å².